The SMILES string of the molecule is COCCNCC(=O)Nc1ccc2oc(C(F)(F)F)nc2c1. The lowest BCUT2D eigenvalue weighted by Gasteiger charge is -2.06. The number of fused-ring (bicyclic) bond motifs is 1. The summed E-state index contributed by atoms with van der Waals surface area (Å²) >= 11 is 0. The zero-order valence-electron chi connectivity index (χ0n) is 11.7. The van der Waals surface area contributed by atoms with Crippen LogP contribution in [-0.4, -0.2) is 37.7 Å². The maximum atomic E-state index is 12.5. The molecule has 2 N–H and O–H groups in total. The van der Waals surface area contributed by atoms with E-state index < -0.39 is 12.1 Å². The number of methoxy groups -OCH3 is 1. The molecular weight excluding hydrogens is 303 g/mol. The van der Waals surface area contributed by atoms with Gasteiger partial charge in [0.25, 0.3) is 0 Å². The molecule has 9 heteroatoms. The topological polar surface area (TPSA) is 76.4 Å². The van der Waals surface area contributed by atoms with E-state index in [4.69, 9.17) is 4.74 Å². The van der Waals surface area contributed by atoms with E-state index in [1.807, 2.05) is 0 Å². The molecule has 2 rings (SSSR count). The predicted octanol–water partition coefficient (Wildman–Crippen LogP) is 2.02. The van der Waals surface area contributed by atoms with E-state index in [0.717, 1.165) is 0 Å². The minimum Gasteiger partial charge on any atom is -0.433 e. The number of nitrogens with one attached hydrogen (secondary N) is 2. The largest absolute Gasteiger partial charge is 0.468 e. The zero-order chi connectivity index (χ0) is 16.2. The second-order valence-corrected chi connectivity index (χ2v) is 4.42. The highest BCUT2D eigenvalue weighted by Crippen LogP contribution is 2.31. The van der Waals surface area contributed by atoms with E-state index in [-0.39, 0.29) is 23.6 Å². The summed E-state index contributed by atoms with van der Waals surface area (Å²) in [5.41, 5.74) is 0.370. The monoisotopic (exact) mass is 317 g/mol. The lowest BCUT2D eigenvalue weighted by Crippen LogP contribution is -2.30. The molecule has 22 heavy (non-hydrogen) atoms. The molecule has 0 fully saturated rings. The average molecular weight is 317 g/mol. The number of carbonyl (C=O) groups is 1. The summed E-state index contributed by atoms with van der Waals surface area (Å²) in [5, 5.41) is 5.40. The molecular formula is C13H14F3N3O3. The van der Waals surface area contributed by atoms with Crippen LogP contribution < -0.4 is 10.6 Å². The van der Waals surface area contributed by atoms with Gasteiger partial charge < -0.3 is 19.8 Å². The number of amides is 1. The Balaban J connectivity index is 2.02. The summed E-state index contributed by atoms with van der Waals surface area (Å²) in [6.45, 7) is 1.05. The summed E-state index contributed by atoms with van der Waals surface area (Å²) in [7, 11) is 1.55. The first-order chi connectivity index (χ1) is 10.4. The number of rotatable bonds is 6. The molecule has 0 unspecified atom stereocenters. The lowest BCUT2D eigenvalue weighted by molar-refractivity contribution is -0.156. The summed E-state index contributed by atoms with van der Waals surface area (Å²) in [6.07, 6.45) is -4.65. The lowest BCUT2D eigenvalue weighted by atomic mass is 10.3. The van der Waals surface area contributed by atoms with Crippen molar-refractivity contribution in [2.24, 2.45) is 0 Å². The first-order valence-corrected chi connectivity index (χ1v) is 6.37. The molecule has 120 valence electrons. The fourth-order valence-electron chi connectivity index (χ4n) is 1.71. The molecule has 1 heterocycles. The summed E-state index contributed by atoms with van der Waals surface area (Å²) < 4.78 is 46.9. The number of anilines is 1. The first kappa shape index (κ1) is 16.2. The van der Waals surface area contributed by atoms with E-state index in [1.54, 1.807) is 7.11 Å². The third-order valence-electron chi connectivity index (χ3n) is 2.68. The molecule has 0 aliphatic heterocycles. The maximum absolute atomic E-state index is 12.5. The predicted molar refractivity (Wildman–Crippen MR) is 72.4 cm³/mol. The molecule has 0 radical (unpaired) electrons. The van der Waals surface area contributed by atoms with Crippen LogP contribution >= 0.6 is 0 Å². The molecule has 1 aromatic carbocycles. The van der Waals surface area contributed by atoms with Gasteiger partial charge in [-0.05, 0) is 18.2 Å². The van der Waals surface area contributed by atoms with Crippen LogP contribution in [0.4, 0.5) is 18.9 Å². The van der Waals surface area contributed by atoms with Crippen molar-refractivity contribution in [1.29, 1.82) is 0 Å². The van der Waals surface area contributed by atoms with Crippen LogP contribution in [0.15, 0.2) is 22.6 Å². The highest BCUT2D eigenvalue weighted by molar-refractivity contribution is 5.94. The van der Waals surface area contributed by atoms with Gasteiger partial charge in [0.05, 0.1) is 13.2 Å². The Morgan fingerprint density at radius 2 is 2.18 bits per heavy atom. The minimum absolute atomic E-state index is 0.00328. The molecule has 6 nitrogen and oxygen atoms in total. The smallest absolute Gasteiger partial charge is 0.433 e. The number of benzene rings is 1. The van der Waals surface area contributed by atoms with Crippen molar-refractivity contribution in [3.63, 3.8) is 0 Å². The van der Waals surface area contributed by atoms with Crippen molar-refractivity contribution in [2.75, 3.05) is 32.1 Å². The van der Waals surface area contributed by atoms with E-state index in [9.17, 15) is 18.0 Å². The summed E-state index contributed by atoms with van der Waals surface area (Å²) in [4.78, 5) is 15.0. The fraction of sp³-hybridized carbons (Fsp3) is 0.385. The second-order valence-electron chi connectivity index (χ2n) is 4.42. The normalized spacial score (nSPS) is 11.8. The molecule has 1 aromatic heterocycles. The zero-order valence-corrected chi connectivity index (χ0v) is 11.7. The van der Waals surface area contributed by atoms with Gasteiger partial charge in [0.2, 0.25) is 5.91 Å². The van der Waals surface area contributed by atoms with Gasteiger partial charge in [0.15, 0.2) is 5.58 Å². The molecule has 0 spiro atoms. The van der Waals surface area contributed by atoms with Gasteiger partial charge in [-0.2, -0.15) is 13.2 Å². The number of alkyl halides is 3. The van der Waals surface area contributed by atoms with Gasteiger partial charge in [-0.15, -0.1) is 0 Å². The Morgan fingerprint density at radius 3 is 2.86 bits per heavy atom. The van der Waals surface area contributed by atoms with E-state index in [2.05, 4.69) is 20.0 Å². The van der Waals surface area contributed by atoms with Gasteiger partial charge >= 0.3 is 12.1 Å². The number of oxazole rings is 1. The van der Waals surface area contributed by atoms with Gasteiger partial charge in [0, 0.05) is 19.3 Å². The number of nitrogens with zero attached hydrogens (tertiary/aromatic N) is 1. The van der Waals surface area contributed by atoms with E-state index >= 15 is 0 Å². The molecule has 0 saturated heterocycles. The van der Waals surface area contributed by atoms with E-state index in [1.165, 1.54) is 18.2 Å². The summed E-state index contributed by atoms with van der Waals surface area (Å²) in [6, 6.07) is 4.09. The highest BCUT2D eigenvalue weighted by atomic mass is 19.4. The quantitative estimate of drug-likeness (QED) is 0.797. The molecule has 0 aliphatic carbocycles. The van der Waals surface area contributed by atoms with Crippen LogP contribution in [0, 0.1) is 0 Å². The Bertz CT molecular complexity index is 655. The van der Waals surface area contributed by atoms with Gasteiger partial charge in [-0.1, -0.05) is 0 Å². The average Bonchev–Trinajstić information content (AvgIpc) is 2.87. The van der Waals surface area contributed by atoms with Crippen LogP contribution in [0.2, 0.25) is 0 Å². The van der Waals surface area contributed by atoms with Gasteiger partial charge in [-0.3, -0.25) is 4.79 Å². The molecule has 2 aromatic rings. The third kappa shape index (κ3) is 4.18. The summed E-state index contributed by atoms with van der Waals surface area (Å²) in [5.74, 6) is -1.64. The molecule has 0 atom stereocenters. The standard InChI is InChI=1S/C13H14F3N3O3/c1-21-5-4-17-7-11(20)18-8-2-3-10-9(6-8)19-12(22-10)13(14,15)16/h2-3,6,17H,4-5,7H2,1H3,(H,18,20). The van der Waals surface area contributed by atoms with Gasteiger partial charge in [0.1, 0.15) is 5.52 Å². The first-order valence-electron chi connectivity index (χ1n) is 6.37. The molecule has 0 aliphatic rings. The number of halogens is 3. The van der Waals surface area contributed by atoms with Crippen molar-refractivity contribution in [3.8, 4) is 0 Å². The number of hydrogen-bond acceptors (Lipinski definition) is 5. The van der Waals surface area contributed by atoms with Crippen LogP contribution in [0.1, 0.15) is 5.89 Å². The minimum atomic E-state index is -4.65. The van der Waals surface area contributed by atoms with Crippen LogP contribution in [0.3, 0.4) is 0 Å². The highest BCUT2D eigenvalue weighted by Gasteiger charge is 2.37. The molecule has 0 saturated carbocycles. The Hall–Kier alpha value is -2.13. The fourth-order valence-corrected chi connectivity index (χ4v) is 1.71. The van der Waals surface area contributed by atoms with Crippen LogP contribution in [0.25, 0.3) is 11.1 Å². The third-order valence-corrected chi connectivity index (χ3v) is 2.68. The van der Waals surface area contributed by atoms with Crippen molar-refractivity contribution in [2.45, 2.75) is 6.18 Å². The Kier molecular flexibility index (Phi) is 4.99. The second kappa shape index (κ2) is 6.75. The molecule has 0 bridgehead atoms. The molecule has 1 amide bonds. The number of ether oxygens (including phenoxy) is 1. The van der Waals surface area contributed by atoms with E-state index in [0.29, 0.717) is 18.8 Å². The van der Waals surface area contributed by atoms with Crippen molar-refractivity contribution < 1.29 is 27.1 Å². The maximum Gasteiger partial charge on any atom is 0.468 e. The van der Waals surface area contributed by atoms with Crippen molar-refractivity contribution >= 4 is 22.7 Å². The van der Waals surface area contributed by atoms with Gasteiger partial charge in [-0.25, -0.2) is 4.98 Å². The number of hydrogen-bond donors (Lipinski definition) is 2. The van der Waals surface area contributed by atoms with Crippen LogP contribution in [-0.2, 0) is 15.7 Å². The Morgan fingerprint density at radius 1 is 1.41 bits per heavy atom. The van der Waals surface area contributed by atoms with Crippen molar-refractivity contribution in [3.05, 3.63) is 24.1 Å². The Labute approximate surface area is 123 Å². The van der Waals surface area contributed by atoms with Crippen LogP contribution in [0.5, 0.6) is 0 Å². The number of carbonyl (C=O) groups excluding carboxylic acids is 1. The number of aromatic nitrogens is 1. The van der Waals surface area contributed by atoms with Crippen molar-refractivity contribution in [1.82, 2.24) is 10.3 Å².